The maximum atomic E-state index is 13.5. The van der Waals surface area contributed by atoms with Crippen LogP contribution in [0.15, 0.2) is 41.6 Å². The van der Waals surface area contributed by atoms with E-state index in [1.54, 1.807) is 24.3 Å². The minimum atomic E-state index is -2.12. The third-order valence-electron chi connectivity index (χ3n) is 5.95. The Bertz CT molecular complexity index is 945. The third-order valence-corrected chi connectivity index (χ3v) is 8.92. The molecule has 1 aliphatic heterocycles. The van der Waals surface area contributed by atoms with Crippen molar-refractivity contribution in [3.63, 3.8) is 0 Å². The van der Waals surface area contributed by atoms with Crippen molar-refractivity contribution in [2.45, 2.75) is 46.1 Å². The first-order valence-corrected chi connectivity index (χ1v) is 12.9. The molecule has 2 heterocycles. The molecule has 7 heteroatoms. The molecule has 0 fully saturated rings. The van der Waals surface area contributed by atoms with Crippen LogP contribution < -0.4 is 5.32 Å². The van der Waals surface area contributed by atoms with Crippen molar-refractivity contribution in [3.8, 4) is 0 Å². The largest absolute Gasteiger partial charge is 0.334 e. The lowest BCUT2D eigenvalue weighted by molar-refractivity contribution is 0.207. The van der Waals surface area contributed by atoms with Crippen LogP contribution in [0.5, 0.6) is 0 Å². The molecule has 1 aromatic rings. The van der Waals surface area contributed by atoms with Crippen molar-refractivity contribution >= 4 is 20.4 Å². The molecular formula is C24H38N4O2S. The smallest absolute Gasteiger partial charge is 0.317 e. The van der Waals surface area contributed by atoms with E-state index in [2.05, 4.69) is 41.8 Å². The van der Waals surface area contributed by atoms with E-state index in [0.717, 1.165) is 65.2 Å². The number of likely N-dealkylation sites (N-methyl/N-ethyl adjacent to an activating group) is 1. The number of carbonyl (C=O) groups excluding carboxylic acids is 1. The van der Waals surface area contributed by atoms with Crippen molar-refractivity contribution in [1.82, 2.24) is 20.1 Å². The molecule has 1 unspecified atom stereocenters. The summed E-state index contributed by atoms with van der Waals surface area (Å²) >= 11 is 0. The number of hydrogen-bond donors (Lipinski definition) is 1. The second-order valence-corrected chi connectivity index (χ2v) is 11.3. The Hall–Kier alpha value is -2.12. The predicted molar refractivity (Wildman–Crippen MR) is 132 cm³/mol. The van der Waals surface area contributed by atoms with Crippen LogP contribution in [0.4, 0.5) is 4.79 Å². The summed E-state index contributed by atoms with van der Waals surface area (Å²) in [6.07, 6.45) is 10.7. The fourth-order valence-corrected chi connectivity index (χ4v) is 5.97. The SMILES string of the molecule is C=C(CCC(CC)=S(C)(=O)C1=CCN(C)CC1)CNC(=O)N(C)Cc1ccncc1C. The number of carbonyl (C=O) groups is 1. The first-order chi connectivity index (χ1) is 14.6. The van der Waals surface area contributed by atoms with E-state index in [0.29, 0.717) is 13.1 Å². The lowest BCUT2D eigenvalue weighted by Crippen LogP contribution is -2.37. The van der Waals surface area contributed by atoms with E-state index in [9.17, 15) is 9.00 Å². The van der Waals surface area contributed by atoms with Crippen molar-refractivity contribution < 1.29 is 9.00 Å². The molecule has 0 saturated heterocycles. The lowest BCUT2D eigenvalue weighted by Gasteiger charge is -2.25. The Balaban J connectivity index is 1.88. The van der Waals surface area contributed by atoms with Crippen molar-refractivity contribution in [2.24, 2.45) is 0 Å². The summed E-state index contributed by atoms with van der Waals surface area (Å²) in [5, 5.41) is 2.94. The van der Waals surface area contributed by atoms with Crippen molar-refractivity contribution in [1.29, 1.82) is 0 Å². The van der Waals surface area contributed by atoms with E-state index in [1.807, 2.05) is 19.2 Å². The molecule has 172 valence electrons. The fraction of sp³-hybridized carbons (Fsp3) is 0.542. The number of aromatic nitrogens is 1. The summed E-state index contributed by atoms with van der Waals surface area (Å²) in [6.45, 7) is 11.0. The van der Waals surface area contributed by atoms with Gasteiger partial charge in [0.05, 0.1) is 0 Å². The topological polar surface area (TPSA) is 65.5 Å². The molecule has 0 aliphatic carbocycles. The number of urea groups is 1. The Morgan fingerprint density at radius 1 is 1.39 bits per heavy atom. The molecular weight excluding hydrogens is 408 g/mol. The van der Waals surface area contributed by atoms with Gasteiger partial charge in [-0.2, -0.15) is 0 Å². The third kappa shape index (κ3) is 7.21. The summed E-state index contributed by atoms with van der Waals surface area (Å²) in [6, 6.07) is 1.80. The molecule has 0 spiro atoms. The van der Waals surface area contributed by atoms with E-state index in [-0.39, 0.29) is 6.03 Å². The molecule has 0 bridgehead atoms. The molecule has 6 nitrogen and oxygen atoms in total. The molecule has 1 aliphatic rings. The van der Waals surface area contributed by atoms with Gasteiger partial charge in [0, 0.05) is 56.8 Å². The summed E-state index contributed by atoms with van der Waals surface area (Å²) in [4.78, 5) is 22.6. The van der Waals surface area contributed by atoms with E-state index >= 15 is 0 Å². The van der Waals surface area contributed by atoms with E-state index in [4.69, 9.17) is 0 Å². The Kier molecular flexibility index (Phi) is 9.32. The van der Waals surface area contributed by atoms with Crippen LogP contribution in [0.1, 0.15) is 43.7 Å². The van der Waals surface area contributed by atoms with Crippen LogP contribution in [0.2, 0.25) is 0 Å². The Morgan fingerprint density at radius 2 is 2.13 bits per heavy atom. The van der Waals surface area contributed by atoms with Crippen molar-refractivity contribution in [3.05, 3.63) is 52.7 Å². The zero-order chi connectivity index (χ0) is 23.0. The zero-order valence-corrected chi connectivity index (χ0v) is 20.6. The number of rotatable bonds is 9. The lowest BCUT2D eigenvalue weighted by atomic mass is 10.1. The van der Waals surface area contributed by atoms with Gasteiger partial charge in [-0.05, 0) is 71.2 Å². The molecule has 0 radical (unpaired) electrons. The molecule has 2 amide bonds. The van der Waals surface area contributed by atoms with Gasteiger partial charge in [0.25, 0.3) is 0 Å². The van der Waals surface area contributed by atoms with Gasteiger partial charge >= 0.3 is 6.03 Å². The maximum absolute atomic E-state index is 13.5. The highest BCUT2D eigenvalue weighted by Gasteiger charge is 2.18. The van der Waals surface area contributed by atoms with Crippen LogP contribution >= 0.6 is 0 Å². The van der Waals surface area contributed by atoms with Crippen molar-refractivity contribution in [2.75, 3.05) is 40.0 Å². The van der Waals surface area contributed by atoms with Crippen LogP contribution in [0, 0.1) is 6.92 Å². The fourth-order valence-electron chi connectivity index (χ4n) is 3.69. The summed E-state index contributed by atoms with van der Waals surface area (Å²) in [5.41, 5.74) is 3.09. The average molecular weight is 447 g/mol. The highest BCUT2D eigenvalue weighted by atomic mass is 32.2. The number of amides is 2. The summed E-state index contributed by atoms with van der Waals surface area (Å²) < 4.78 is 13.5. The number of pyridine rings is 1. The average Bonchev–Trinajstić information content (AvgIpc) is 2.74. The zero-order valence-electron chi connectivity index (χ0n) is 19.7. The standard InChI is InChI=1S/C24H38N4O2S/c1-7-22(31(6,30)23-11-14-27(4)15-12-23)9-8-19(2)16-26-24(29)28(5)18-21-10-13-25-17-20(21)3/h10-11,13,17H,2,7-9,12,14-16,18H2,1,3-6H3,(H,26,29). The van der Waals surface area contributed by atoms with Crippen LogP contribution in [0.25, 0.3) is 0 Å². The highest BCUT2D eigenvalue weighted by molar-refractivity contribution is 8.05. The number of nitrogens with zero attached hydrogens (tertiary/aromatic N) is 3. The molecule has 31 heavy (non-hydrogen) atoms. The van der Waals surface area contributed by atoms with E-state index in [1.165, 1.54) is 0 Å². The van der Waals surface area contributed by atoms with Gasteiger partial charge in [-0.25, -0.2) is 4.79 Å². The molecule has 0 aromatic carbocycles. The minimum Gasteiger partial charge on any atom is -0.334 e. The highest BCUT2D eigenvalue weighted by Crippen LogP contribution is 2.20. The molecule has 1 aromatic heterocycles. The van der Waals surface area contributed by atoms with Gasteiger partial charge < -0.3 is 15.1 Å². The normalized spacial score (nSPS) is 16.2. The van der Waals surface area contributed by atoms with Crippen LogP contribution in [-0.4, -0.2) is 69.9 Å². The van der Waals surface area contributed by atoms with E-state index < -0.39 is 9.52 Å². The second kappa shape index (κ2) is 11.5. The molecule has 0 saturated carbocycles. The van der Waals surface area contributed by atoms with Crippen LogP contribution in [0.3, 0.4) is 0 Å². The second-order valence-electron chi connectivity index (χ2n) is 8.49. The number of hydrogen-bond acceptors (Lipinski definition) is 4. The van der Waals surface area contributed by atoms with Gasteiger partial charge in [0.1, 0.15) is 0 Å². The summed E-state index contributed by atoms with van der Waals surface area (Å²) in [5.74, 6) is 0. The summed E-state index contributed by atoms with van der Waals surface area (Å²) in [7, 11) is 1.75. The minimum absolute atomic E-state index is 0.132. The van der Waals surface area contributed by atoms with Gasteiger partial charge in [0.15, 0.2) is 0 Å². The number of nitrogens with one attached hydrogen (secondary N) is 1. The van der Waals surface area contributed by atoms with Crippen LogP contribution in [-0.2, 0) is 16.1 Å². The predicted octanol–water partition coefficient (Wildman–Crippen LogP) is 3.58. The van der Waals surface area contributed by atoms with Gasteiger partial charge in [-0.1, -0.05) is 25.2 Å². The Labute approximate surface area is 188 Å². The maximum Gasteiger partial charge on any atom is 0.317 e. The van der Waals surface area contributed by atoms with Gasteiger partial charge in [0.2, 0.25) is 0 Å². The molecule has 2 rings (SSSR count). The first-order valence-electron chi connectivity index (χ1n) is 10.9. The Morgan fingerprint density at radius 3 is 2.74 bits per heavy atom. The molecule has 1 atom stereocenters. The molecule has 1 N–H and O–H groups in total. The number of aryl methyl sites for hydroxylation is 1. The van der Waals surface area contributed by atoms with Gasteiger partial charge in [-0.3, -0.25) is 9.19 Å². The monoisotopic (exact) mass is 446 g/mol. The first kappa shape index (κ1) is 25.1. The quantitative estimate of drug-likeness (QED) is 0.465. The van der Waals surface area contributed by atoms with Gasteiger partial charge in [-0.15, -0.1) is 0 Å².